The molecule has 1 aromatic carbocycles. The molecule has 11 heteroatoms. The molecule has 4 aromatic rings. The van der Waals surface area contributed by atoms with E-state index in [-0.39, 0.29) is 17.9 Å². The zero-order chi connectivity index (χ0) is 29.1. The van der Waals surface area contributed by atoms with Gasteiger partial charge in [0.2, 0.25) is 11.8 Å². The van der Waals surface area contributed by atoms with Crippen molar-refractivity contribution in [2.45, 2.75) is 46.6 Å². The predicted octanol–water partition coefficient (Wildman–Crippen LogP) is 4.05. The molecular formula is C30H38N8O3. The third kappa shape index (κ3) is 5.95. The van der Waals surface area contributed by atoms with Crippen LogP contribution in [0.15, 0.2) is 48.9 Å². The van der Waals surface area contributed by atoms with Crippen molar-refractivity contribution in [1.82, 2.24) is 29.3 Å². The second kappa shape index (κ2) is 12.1. The van der Waals surface area contributed by atoms with Crippen LogP contribution in [0.1, 0.15) is 46.6 Å². The largest absolute Gasteiger partial charge is 0.382 e. The van der Waals surface area contributed by atoms with E-state index in [1.54, 1.807) is 28.2 Å². The Hall–Kier alpha value is -4.25. The van der Waals surface area contributed by atoms with E-state index in [0.29, 0.717) is 50.1 Å². The van der Waals surface area contributed by atoms with E-state index in [2.05, 4.69) is 39.8 Å². The maximum absolute atomic E-state index is 12.8. The van der Waals surface area contributed by atoms with Gasteiger partial charge in [0, 0.05) is 69.7 Å². The molecule has 5 rings (SSSR count). The van der Waals surface area contributed by atoms with Crippen LogP contribution in [-0.4, -0.2) is 73.9 Å². The molecule has 2 amide bonds. The zero-order valence-electron chi connectivity index (χ0n) is 24.2. The number of rotatable bonds is 9. The first-order chi connectivity index (χ1) is 19.7. The lowest BCUT2D eigenvalue weighted by molar-refractivity contribution is -0.129. The highest BCUT2D eigenvalue weighted by Crippen LogP contribution is 2.37. The average Bonchev–Trinajstić information content (AvgIpc) is 3.59. The summed E-state index contributed by atoms with van der Waals surface area (Å²) >= 11 is 0. The van der Waals surface area contributed by atoms with Gasteiger partial charge in [0.25, 0.3) is 0 Å². The van der Waals surface area contributed by atoms with Crippen LogP contribution in [0.5, 0.6) is 0 Å². The summed E-state index contributed by atoms with van der Waals surface area (Å²) < 4.78 is 9.43. The van der Waals surface area contributed by atoms with Crippen molar-refractivity contribution < 1.29 is 14.3 Å². The van der Waals surface area contributed by atoms with E-state index in [1.807, 2.05) is 36.5 Å². The number of hydrogen-bond acceptors (Lipinski definition) is 7. The first-order valence-electron chi connectivity index (χ1n) is 14.1. The highest BCUT2D eigenvalue weighted by atomic mass is 16.5. The molecule has 0 spiro atoms. The molecule has 0 unspecified atom stereocenters. The lowest BCUT2D eigenvalue weighted by atomic mass is 10.1. The van der Waals surface area contributed by atoms with E-state index in [1.165, 1.54) is 6.33 Å². The van der Waals surface area contributed by atoms with Gasteiger partial charge in [-0.1, -0.05) is 26.0 Å². The number of benzene rings is 1. The van der Waals surface area contributed by atoms with Gasteiger partial charge in [0.1, 0.15) is 11.8 Å². The zero-order valence-corrected chi connectivity index (χ0v) is 24.2. The summed E-state index contributed by atoms with van der Waals surface area (Å²) in [7, 11) is 0. The van der Waals surface area contributed by atoms with Gasteiger partial charge in [-0.15, -0.1) is 0 Å². The number of hydrogen-bond donors (Lipinski definition) is 1. The number of amides is 2. The molecule has 11 nitrogen and oxygen atoms in total. The van der Waals surface area contributed by atoms with Crippen molar-refractivity contribution in [1.29, 1.82) is 0 Å². The fourth-order valence-electron chi connectivity index (χ4n) is 5.56. The van der Waals surface area contributed by atoms with E-state index < -0.39 is 0 Å². The smallest absolute Gasteiger partial charge is 0.223 e. The summed E-state index contributed by atoms with van der Waals surface area (Å²) in [4.78, 5) is 32.7. The van der Waals surface area contributed by atoms with Gasteiger partial charge in [-0.25, -0.2) is 9.50 Å². The van der Waals surface area contributed by atoms with Crippen molar-refractivity contribution in [2.24, 2.45) is 5.92 Å². The SMILES string of the molecule is CC(=O)N(CCN(C(C)=O)c1cccc(-c2cc(-c3ccnn3C3CCOCC3)c3c(N)ncnn23)c1)CC(C)C. The molecule has 0 saturated carbocycles. The van der Waals surface area contributed by atoms with Crippen LogP contribution < -0.4 is 10.6 Å². The minimum absolute atomic E-state index is 0.000374. The topological polar surface area (TPSA) is 124 Å². The number of nitrogens with two attached hydrogens (primary N) is 1. The van der Waals surface area contributed by atoms with E-state index in [0.717, 1.165) is 41.0 Å². The molecule has 41 heavy (non-hydrogen) atoms. The highest BCUT2D eigenvalue weighted by Gasteiger charge is 2.24. The highest BCUT2D eigenvalue weighted by molar-refractivity contribution is 5.94. The Morgan fingerprint density at radius 2 is 1.83 bits per heavy atom. The number of ether oxygens (including phenoxy) is 1. The Balaban J connectivity index is 1.53. The Morgan fingerprint density at radius 1 is 1.05 bits per heavy atom. The van der Waals surface area contributed by atoms with Crippen LogP contribution in [0.3, 0.4) is 0 Å². The second-order valence-corrected chi connectivity index (χ2v) is 10.9. The Kier molecular flexibility index (Phi) is 8.34. The van der Waals surface area contributed by atoms with Crippen molar-refractivity contribution in [3.63, 3.8) is 0 Å². The molecule has 1 saturated heterocycles. The van der Waals surface area contributed by atoms with Crippen molar-refractivity contribution >= 4 is 28.8 Å². The molecule has 216 valence electrons. The molecule has 0 radical (unpaired) electrons. The van der Waals surface area contributed by atoms with Crippen LogP contribution in [0.2, 0.25) is 0 Å². The Bertz CT molecular complexity index is 1540. The van der Waals surface area contributed by atoms with Crippen LogP contribution in [-0.2, 0) is 14.3 Å². The minimum atomic E-state index is -0.0946. The lowest BCUT2D eigenvalue weighted by Crippen LogP contribution is -2.41. The molecular weight excluding hydrogens is 520 g/mol. The van der Waals surface area contributed by atoms with E-state index in [4.69, 9.17) is 10.5 Å². The van der Waals surface area contributed by atoms with Crippen molar-refractivity contribution in [3.05, 3.63) is 48.9 Å². The van der Waals surface area contributed by atoms with Crippen LogP contribution in [0.25, 0.3) is 28.0 Å². The molecule has 0 bridgehead atoms. The second-order valence-electron chi connectivity index (χ2n) is 10.9. The Labute approximate surface area is 239 Å². The van der Waals surface area contributed by atoms with Gasteiger partial charge >= 0.3 is 0 Å². The van der Waals surface area contributed by atoms with Gasteiger partial charge in [-0.05, 0) is 43.0 Å². The van der Waals surface area contributed by atoms with Crippen molar-refractivity contribution in [2.75, 3.05) is 43.5 Å². The van der Waals surface area contributed by atoms with Gasteiger partial charge in [0.15, 0.2) is 5.82 Å². The quantitative estimate of drug-likeness (QED) is 0.329. The normalized spacial score (nSPS) is 14.1. The predicted molar refractivity (Wildman–Crippen MR) is 158 cm³/mol. The number of nitrogen functional groups attached to an aromatic ring is 1. The van der Waals surface area contributed by atoms with Crippen molar-refractivity contribution in [3.8, 4) is 22.5 Å². The Morgan fingerprint density at radius 3 is 2.54 bits per heavy atom. The van der Waals surface area contributed by atoms with Gasteiger partial charge in [0.05, 0.1) is 17.4 Å². The molecule has 0 atom stereocenters. The van der Waals surface area contributed by atoms with Crippen LogP contribution in [0, 0.1) is 5.92 Å². The first-order valence-corrected chi connectivity index (χ1v) is 14.1. The maximum atomic E-state index is 12.8. The molecule has 4 heterocycles. The fraction of sp³-hybridized carbons (Fsp3) is 0.433. The summed E-state index contributed by atoms with van der Waals surface area (Å²) in [5.41, 5.74) is 11.4. The molecule has 1 aliphatic rings. The van der Waals surface area contributed by atoms with Crippen LogP contribution in [0.4, 0.5) is 11.5 Å². The lowest BCUT2D eigenvalue weighted by Gasteiger charge is -2.28. The minimum Gasteiger partial charge on any atom is -0.382 e. The van der Waals surface area contributed by atoms with Gasteiger partial charge in [-0.3, -0.25) is 14.3 Å². The number of fused-ring (bicyclic) bond motifs is 1. The summed E-state index contributed by atoms with van der Waals surface area (Å²) in [5.74, 6) is 0.613. The maximum Gasteiger partial charge on any atom is 0.223 e. The monoisotopic (exact) mass is 558 g/mol. The summed E-state index contributed by atoms with van der Waals surface area (Å²) in [6, 6.07) is 12.1. The molecule has 1 fully saturated rings. The third-order valence-electron chi connectivity index (χ3n) is 7.52. The molecule has 0 aliphatic carbocycles. The number of carbonyl (C=O) groups is 2. The fourth-order valence-corrected chi connectivity index (χ4v) is 5.56. The van der Waals surface area contributed by atoms with Gasteiger partial charge in [-0.2, -0.15) is 10.2 Å². The standard InChI is InChI=1S/C30H38N8O3/c1-20(2)18-35(21(3)39)12-13-36(22(4)40)25-7-5-6-23(16-25)28-17-26(29-30(31)32-19-34-38(28)29)27-8-11-33-37(27)24-9-14-41-15-10-24/h5-8,11,16-17,19-20,24H,9-10,12-15,18H2,1-4H3,(H2,31,32,34). The van der Waals surface area contributed by atoms with Gasteiger partial charge < -0.3 is 20.3 Å². The summed E-state index contributed by atoms with van der Waals surface area (Å²) in [6.07, 6.45) is 5.03. The molecule has 1 aliphatic heterocycles. The average molecular weight is 559 g/mol. The number of nitrogens with zero attached hydrogens (tertiary/aromatic N) is 7. The number of aromatic nitrogens is 5. The molecule has 2 N–H and O–H groups in total. The third-order valence-corrected chi connectivity index (χ3v) is 7.52. The summed E-state index contributed by atoms with van der Waals surface area (Å²) in [6.45, 7) is 10.2. The van der Waals surface area contributed by atoms with E-state index >= 15 is 0 Å². The van der Waals surface area contributed by atoms with E-state index in [9.17, 15) is 9.59 Å². The number of carbonyl (C=O) groups excluding carboxylic acids is 2. The number of anilines is 2. The first kappa shape index (κ1) is 28.3. The molecule has 3 aromatic heterocycles. The van der Waals surface area contributed by atoms with Crippen LogP contribution >= 0.6 is 0 Å². The summed E-state index contributed by atoms with van der Waals surface area (Å²) in [5, 5.41) is 9.21.